The number of aliphatic imine (C=N–C) groups is 1. The van der Waals surface area contributed by atoms with Gasteiger partial charge in [0.1, 0.15) is 0 Å². The summed E-state index contributed by atoms with van der Waals surface area (Å²) in [5.41, 5.74) is 0. The molecular weight excluding hydrogens is 340 g/mol. The number of guanidine groups is 1. The molecule has 2 saturated heterocycles. The number of nitrogens with zero attached hydrogens (tertiary/aromatic N) is 4. The molecule has 0 aromatic heterocycles. The Morgan fingerprint density at radius 2 is 1.74 bits per heavy atom. The fourth-order valence-corrected chi connectivity index (χ4v) is 3.73. The molecule has 0 unspecified atom stereocenters. The third-order valence-electron chi connectivity index (χ3n) is 5.48. The molecule has 2 fully saturated rings. The van der Waals surface area contributed by atoms with Crippen molar-refractivity contribution in [2.45, 2.75) is 46.0 Å². The average molecular weight is 381 g/mol. The van der Waals surface area contributed by atoms with E-state index in [1.54, 1.807) is 0 Å². The normalized spacial score (nSPS) is 19.7. The number of hydrogen-bond donors (Lipinski definition) is 2. The van der Waals surface area contributed by atoms with E-state index in [1.165, 1.54) is 52.1 Å². The lowest BCUT2D eigenvalue weighted by molar-refractivity contribution is -0.127. The predicted molar refractivity (Wildman–Crippen MR) is 112 cm³/mol. The molecule has 0 atom stereocenters. The van der Waals surface area contributed by atoms with Crippen molar-refractivity contribution in [3.8, 4) is 0 Å². The molecule has 0 aromatic rings. The summed E-state index contributed by atoms with van der Waals surface area (Å²) < 4.78 is 0. The van der Waals surface area contributed by atoms with Crippen molar-refractivity contribution in [2.75, 3.05) is 72.0 Å². The Labute approximate surface area is 165 Å². The topological polar surface area (TPSA) is 63.2 Å². The highest BCUT2D eigenvalue weighted by Gasteiger charge is 2.18. The van der Waals surface area contributed by atoms with E-state index in [-0.39, 0.29) is 0 Å². The molecular formula is C20H40N6O. The van der Waals surface area contributed by atoms with Crippen LogP contribution in [0.25, 0.3) is 0 Å². The molecule has 2 N–H and O–H groups in total. The van der Waals surface area contributed by atoms with Gasteiger partial charge in [-0.15, -0.1) is 0 Å². The van der Waals surface area contributed by atoms with Gasteiger partial charge in [0.05, 0.1) is 0 Å². The van der Waals surface area contributed by atoms with Crippen LogP contribution in [0.2, 0.25) is 0 Å². The Kier molecular flexibility index (Phi) is 10.5. The minimum Gasteiger partial charge on any atom is -0.357 e. The number of carbonyl (C=O) groups is 1. The van der Waals surface area contributed by atoms with E-state index < -0.39 is 0 Å². The zero-order valence-corrected chi connectivity index (χ0v) is 17.5. The highest BCUT2D eigenvalue weighted by atomic mass is 16.2. The third kappa shape index (κ3) is 8.47. The van der Waals surface area contributed by atoms with Crippen LogP contribution in [0, 0.1) is 0 Å². The molecule has 7 heteroatoms. The molecule has 0 aromatic carbocycles. The Morgan fingerprint density at radius 3 is 2.41 bits per heavy atom. The summed E-state index contributed by atoms with van der Waals surface area (Å²) in [6, 6.07) is 0. The maximum Gasteiger partial charge on any atom is 0.222 e. The van der Waals surface area contributed by atoms with Gasteiger partial charge in [0, 0.05) is 65.3 Å². The van der Waals surface area contributed by atoms with Gasteiger partial charge in [-0.2, -0.15) is 0 Å². The number of rotatable bonds is 11. The zero-order valence-electron chi connectivity index (χ0n) is 17.5. The second-order valence-electron chi connectivity index (χ2n) is 7.51. The summed E-state index contributed by atoms with van der Waals surface area (Å²) in [5, 5.41) is 6.76. The molecule has 0 spiro atoms. The van der Waals surface area contributed by atoms with Crippen molar-refractivity contribution in [3.63, 3.8) is 0 Å². The number of unbranched alkanes of at least 4 members (excludes halogenated alkanes) is 1. The summed E-state index contributed by atoms with van der Waals surface area (Å²) in [6.07, 6.45) is 5.07. The Morgan fingerprint density at radius 1 is 0.963 bits per heavy atom. The molecule has 2 aliphatic heterocycles. The van der Waals surface area contributed by atoms with Crippen molar-refractivity contribution in [1.29, 1.82) is 0 Å². The van der Waals surface area contributed by atoms with Crippen LogP contribution in [0.4, 0.5) is 0 Å². The van der Waals surface area contributed by atoms with Crippen LogP contribution < -0.4 is 10.6 Å². The quantitative estimate of drug-likeness (QED) is 0.318. The first-order chi connectivity index (χ1) is 13.2. The van der Waals surface area contributed by atoms with E-state index in [4.69, 9.17) is 0 Å². The van der Waals surface area contributed by atoms with E-state index in [0.717, 1.165) is 57.9 Å². The van der Waals surface area contributed by atoms with E-state index >= 15 is 0 Å². The molecule has 0 bridgehead atoms. The van der Waals surface area contributed by atoms with Crippen LogP contribution in [0.3, 0.4) is 0 Å². The minimum atomic E-state index is 0.306. The summed E-state index contributed by atoms with van der Waals surface area (Å²) in [7, 11) is 0. The number of amides is 1. The van der Waals surface area contributed by atoms with Crippen molar-refractivity contribution < 1.29 is 4.79 Å². The molecule has 0 radical (unpaired) electrons. The molecule has 1 amide bonds. The van der Waals surface area contributed by atoms with Crippen molar-refractivity contribution in [3.05, 3.63) is 0 Å². The number of likely N-dealkylation sites (tertiary alicyclic amines) is 1. The fraction of sp³-hybridized carbons (Fsp3) is 0.900. The van der Waals surface area contributed by atoms with Crippen LogP contribution in [0.15, 0.2) is 4.99 Å². The highest BCUT2D eigenvalue weighted by molar-refractivity contribution is 5.79. The van der Waals surface area contributed by atoms with Gasteiger partial charge in [0.15, 0.2) is 5.96 Å². The first-order valence-electron chi connectivity index (χ1n) is 11.0. The Balaban J connectivity index is 1.53. The second-order valence-corrected chi connectivity index (χ2v) is 7.51. The predicted octanol–water partition coefficient (Wildman–Crippen LogP) is 0.972. The van der Waals surface area contributed by atoms with Crippen LogP contribution in [-0.4, -0.2) is 98.6 Å². The number of nitrogens with one attached hydrogen (secondary N) is 2. The molecule has 2 heterocycles. The average Bonchev–Trinajstić information content (AvgIpc) is 3.10. The number of carbonyl (C=O) groups excluding carboxylic acids is 1. The molecule has 0 aliphatic carbocycles. The lowest BCUT2D eigenvalue weighted by Gasteiger charge is -2.34. The number of piperazine rings is 1. The lowest BCUT2D eigenvalue weighted by Crippen LogP contribution is -2.46. The first kappa shape index (κ1) is 22.0. The maximum atomic E-state index is 11.6. The zero-order chi connectivity index (χ0) is 19.3. The van der Waals surface area contributed by atoms with E-state index in [1.807, 2.05) is 4.90 Å². The standard InChI is InChI=1S/C20H40N6O/c1-3-21-20(23-11-8-14-26-13-7-9-19(26)27)22-10-5-6-12-25-17-15-24(4-2)16-18-25/h3-18H2,1-2H3,(H2,21,22,23). The van der Waals surface area contributed by atoms with Gasteiger partial charge in [-0.25, -0.2) is 0 Å². The van der Waals surface area contributed by atoms with Crippen LogP contribution >= 0.6 is 0 Å². The van der Waals surface area contributed by atoms with E-state index in [0.29, 0.717) is 5.91 Å². The van der Waals surface area contributed by atoms with Gasteiger partial charge < -0.3 is 25.3 Å². The van der Waals surface area contributed by atoms with Gasteiger partial charge >= 0.3 is 0 Å². The maximum absolute atomic E-state index is 11.6. The van der Waals surface area contributed by atoms with Gasteiger partial charge in [-0.3, -0.25) is 9.79 Å². The molecule has 27 heavy (non-hydrogen) atoms. The third-order valence-corrected chi connectivity index (χ3v) is 5.48. The van der Waals surface area contributed by atoms with Gasteiger partial charge in [0.25, 0.3) is 0 Å². The molecule has 2 aliphatic rings. The lowest BCUT2D eigenvalue weighted by atomic mass is 10.2. The van der Waals surface area contributed by atoms with Gasteiger partial charge in [-0.1, -0.05) is 6.92 Å². The molecule has 2 rings (SSSR count). The fourth-order valence-electron chi connectivity index (χ4n) is 3.73. The van der Waals surface area contributed by atoms with Gasteiger partial charge in [0.2, 0.25) is 5.91 Å². The van der Waals surface area contributed by atoms with Gasteiger partial charge in [-0.05, 0) is 45.7 Å². The first-order valence-corrected chi connectivity index (χ1v) is 11.0. The van der Waals surface area contributed by atoms with Crippen molar-refractivity contribution in [1.82, 2.24) is 25.3 Å². The number of likely N-dealkylation sites (N-methyl/N-ethyl adjacent to an activating group) is 1. The monoisotopic (exact) mass is 380 g/mol. The summed E-state index contributed by atoms with van der Waals surface area (Å²) >= 11 is 0. The number of hydrogen-bond acceptors (Lipinski definition) is 4. The summed E-state index contributed by atoms with van der Waals surface area (Å²) in [6.45, 7) is 16.0. The van der Waals surface area contributed by atoms with Crippen LogP contribution in [0.1, 0.15) is 46.0 Å². The summed E-state index contributed by atoms with van der Waals surface area (Å²) in [4.78, 5) is 23.3. The van der Waals surface area contributed by atoms with Crippen LogP contribution in [0.5, 0.6) is 0 Å². The molecule has 7 nitrogen and oxygen atoms in total. The molecule has 156 valence electrons. The minimum absolute atomic E-state index is 0.306. The Hall–Kier alpha value is -1.34. The smallest absolute Gasteiger partial charge is 0.222 e. The van der Waals surface area contributed by atoms with E-state index in [2.05, 4.69) is 39.3 Å². The Bertz CT molecular complexity index is 448. The largest absolute Gasteiger partial charge is 0.357 e. The van der Waals surface area contributed by atoms with Crippen molar-refractivity contribution >= 4 is 11.9 Å². The highest BCUT2D eigenvalue weighted by Crippen LogP contribution is 2.09. The summed E-state index contributed by atoms with van der Waals surface area (Å²) in [5.74, 6) is 1.21. The van der Waals surface area contributed by atoms with Crippen molar-refractivity contribution in [2.24, 2.45) is 4.99 Å². The molecule has 0 saturated carbocycles. The SMILES string of the molecule is CCNC(=NCCCN1CCCC1=O)NCCCCN1CCN(CC)CC1. The van der Waals surface area contributed by atoms with Crippen LogP contribution in [-0.2, 0) is 4.79 Å². The van der Waals surface area contributed by atoms with E-state index in [9.17, 15) is 4.79 Å². The second kappa shape index (κ2) is 12.9.